The van der Waals surface area contributed by atoms with E-state index >= 15 is 0 Å². The van der Waals surface area contributed by atoms with Gasteiger partial charge in [-0.25, -0.2) is 0 Å². The number of aromatic nitrogens is 2. The molecule has 1 fully saturated rings. The first kappa shape index (κ1) is 22.6. The Labute approximate surface area is 206 Å². The van der Waals surface area contributed by atoms with E-state index in [0.29, 0.717) is 24.3 Å². The second-order valence-electron chi connectivity index (χ2n) is 8.68. The number of ether oxygens (including phenoxy) is 1. The van der Waals surface area contributed by atoms with Crippen LogP contribution in [0.2, 0.25) is 0 Å². The van der Waals surface area contributed by atoms with Crippen LogP contribution >= 0.6 is 12.2 Å². The van der Waals surface area contributed by atoms with Gasteiger partial charge in [-0.15, -0.1) is 0 Å². The van der Waals surface area contributed by atoms with Crippen LogP contribution in [0.15, 0.2) is 60.7 Å². The van der Waals surface area contributed by atoms with Crippen LogP contribution in [0.4, 0.5) is 17.6 Å². The fourth-order valence-corrected chi connectivity index (χ4v) is 4.71. The largest absolute Gasteiger partial charge is 0.378 e. The van der Waals surface area contributed by atoms with Gasteiger partial charge in [-0.1, -0.05) is 54.6 Å². The molecule has 2 aliphatic rings. The van der Waals surface area contributed by atoms with E-state index in [-0.39, 0.29) is 6.04 Å². The molecule has 0 radical (unpaired) electrons. The number of nitrogens with one attached hydrogen (secondary N) is 2. The molecule has 0 spiro atoms. The van der Waals surface area contributed by atoms with Crippen molar-refractivity contribution in [3.8, 4) is 0 Å². The molecule has 0 amide bonds. The zero-order chi connectivity index (χ0) is 23.3. The Morgan fingerprint density at radius 1 is 0.912 bits per heavy atom. The Kier molecular flexibility index (Phi) is 6.87. The van der Waals surface area contributed by atoms with Crippen molar-refractivity contribution >= 4 is 34.9 Å². The fraction of sp³-hybridized carbons (Fsp3) is 0.346. The number of hydrogen-bond acceptors (Lipinski definition) is 6. The van der Waals surface area contributed by atoms with Gasteiger partial charge in [0.2, 0.25) is 5.95 Å². The molecule has 2 aromatic carbocycles. The summed E-state index contributed by atoms with van der Waals surface area (Å²) in [7, 11) is 0. The minimum absolute atomic E-state index is 0.0710. The maximum Gasteiger partial charge on any atom is 0.232 e. The first-order valence-electron chi connectivity index (χ1n) is 11.8. The van der Waals surface area contributed by atoms with Crippen molar-refractivity contribution in [1.29, 1.82) is 0 Å². The zero-order valence-corrected chi connectivity index (χ0v) is 20.2. The van der Waals surface area contributed by atoms with E-state index in [0.717, 1.165) is 44.2 Å². The van der Waals surface area contributed by atoms with Gasteiger partial charge < -0.3 is 25.2 Å². The van der Waals surface area contributed by atoms with Crippen LogP contribution in [-0.2, 0) is 17.7 Å². The highest BCUT2D eigenvalue weighted by molar-refractivity contribution is 7.80. The van der Waals surface area contributed by atoms with Gasteiger partial charge >= 0.3 is 0 Å². The van der Waals surface area contributed by atoms with Gasteiger partial charge in [0.25, 0.3) is 0 Å². The first-order chi connectivity index (χ1) is 16.7. The molecule has 34 heavy (non-hydrogen) atoms. The van der Waals surface area contributed by atoms with Crippen LogP contribution in [0.1, 0.15) is 29.7 Å². The number of anilines is 3. The molecule has 176 valence electrons. The SMILES string of the molecule is CC(NC(=S)Nc1nc(N2CCOCC2)cc(N2CCc3ccccc3C2)n1)c1ccccc1. The Balaban J connectivity index is 1.37. The summed E-state index contributed by atoms with van der Waals surface area (Å²) in [5.41, 5.74) is 3.94. The molecule has 0 bridgehead atoms. The van der Waals surface area contributed by atoms with Crippen LogP contribution in [0.25, 0.3) is 0 Å². The van der Waals surface area contributed by atoms with Gasteiger partial charge in [0.15, 0.2) is 5.11 Å². The highest BCUT2D eigenvalue weighted by atomic mass is 32.1. The molecule has 2 aliphatic heterocycles. The molecule has 2 N–H and O–H groups in total. The number of nitrogens with zero attached hydrogens (tertiary/aromatic N) is 4. The quantitative estimate of drug-likeness (QED) is 0.540. The van der Waals surface area contributed by atoms with E-state index in [1.165, 1.54) is 16.7 Å². The maximum absolute atomic E-state index is 5.61. The summed E-state index contributed by atoms with van der Waals surface area (Å²) in [6.45, 7) is 6.87. The lowest BCUT2D eigenvalue weighted by molar-refractivity contribution is 0.122. The van der Waals surface area contributed by atoms with E-state index in [2.05, 4.69) is 69.8 Å². The third kappa shape index (κ3) is 5.29. The number of fused-ring (bicyclic) bond motifs is 1. The minimum atomic E-state index is 0.0710. The zero-order valence-electron chi connectivity index (χ0n) is 19.4. The average molecular weight is 475 g/mol. The maximum atomic E-state index is 5.61. The summed E-state index contributed by atoms with van der Waals surface area (Å²) in [6.07, 6.45) is 1.00. The van der Waals surface area contributed by atoms with Crippen molar-refractivity contribution in [1.82, 2.24) is 15.3 Å². The van der Waals surface area contributed by atoms with Gasteiger partial charge in [-0.05, 0) is 42.3 Å². The van der Waals surface area contributed by atoms with Crippen LogP contribution in [0.3, 0.4) is 0 Å². The topological polar surface area (TPSA) is 65.6 Å². The highest BCUT2D eigenvalue weighted by Gasteiger charge is 2.21. The van der Waals surface area contributed by atoms with Gasteiger partial charge in [0.05, 0.1) is 19.3 Å². The number of benzene rings is 2. The van der Waals surface area contributed by atoms with E-state index in [9.17, 15) is 0 Å². The van der Waals surface area contributed by atoms with Gasteiger partial charge in [-0.2, -0.15) is 9.97 Å². The van der Waals surface area contributed by atoms with Crippen molar-refractivity contribution < 1.29 is 4.74 Å². The lowest BCUT2D eigenvalue weighted by Crippen LogP contribution is -2.38. The van der Waals surface area contributed by atoms with E-state index in [1.807, 2.05) is 18.2 Å². The van der Waals surface area contributed by atoms with Crippen molar-refractivity contribution in [2.45, 2.75) is 25.9 Å². The molecule has 1 aromatic heterocycles. The summed E-state index contributed by atoms with van der Waals surface area (Å²) < 4.78 is 5.55. The normalized spacial score (nSPS) is 16.5. The summed E-state index contributed by atoms with van der Waals surface area (Å²) in [5.74, 6) is 2.32. The minimum Gasteiger partial charge on any atom is -0.378 e. The number of hydrogen-bond donors (Lipinski definition) is 2. The average Bonchev–Trinajstić information content (AvgIpc) is 2.89. The Hall–Kier alpha value is -3.23. The predicted octanol–water partition coefficient (Wildman–Crippen LogP) is 3.92. The van der Waals surface area contributed by atoms with Crippen molar-refractivity contribution in [2.24, 2.45) is 0 Å². The Bertz CT molecular complexity index is 1140. The molecule has 0 aliphatic carbocycles. The summed E-state index contributed by atoms with van der Waals surface area (Å²) in [4.78, 5) is 14.2. The second kappa shape index (κ2) is 10.4. The Morgan fingerprint density at radius 2 is 1.59 bits per heavy atom. The molecule has 1 unspecified atom stereocenters. The third-order valence-electron chi connectivity index (χ3n) is 6.36. The number of morpholine rings is 1. The molecule has 3 heterocycles. The van der Waals surface area contributed by atoms with E-state index < -0.39 is 0 Å². The molecule has 0 saturated carbocycles. The smallest absolute Gasteiger partial charge is 0.232 e. The summed E-state index contributed by atoms with van der Waals surface area (Å²) in [5, 5.41) is 7.09. The molecule has 5 rings (SSSR count). The second-order valence-corrected chi connectivity index (χ2v) is 9.09. The van der Waals surface area contributed by atoms with Gasteiger partial charge in [0, 0.05) is 32.2 Å². The molecule has 8 heteroatoms. The number of thiocarbonyl (C=S) groups is 1. The fourth-order valence-electron chi connectivity index (χ4n) is 4.44. The van der Waals surface area contributed by atoms with Crippen LogP contribution in [0.5, 0.6) is 0 Å². The number of rotatable bonds is 5. The van der Waals surface area contributed by atoms with Gasteiger partial charge in [0.1, 0.15) is 11.6 Å². The van der Waals surface area contributed by atoms with Crippen LogP contribution in [0, 0.1) is 0 Å². The van der Waals surface area contributed by atoms with Crippen LogP contribution < -0.4 is 20.4 Å². The molecular weight excluding hydrogens is 444 g/mol. The van der Waals surface area contributed by atoms with Crippen molar-refractivity contribution in [2.75, 3.05) is 48.0 Å². The molecule has 7 nitrogen and oxygen atoms in total. The molecule has 3 aromatic rings. The monoisotopic (exact) mass is 474 g/mol. The van der Waals surface area contributed by atoms with Crippen molar-refractivity contribution in [3.63, 3.8) is 0 Å². The van der Waals surface area contributed by atoms with Gasteiger partial charge in [-0.3, -0.25) is 0 Å². The van der Waals surface area contributed by atoms with Crippen molar-refractivity contribution in [3.05, 3.63) is 77.4 Å². The Morgan fingerprint density at radius 3 is 2.35 bits per heavy atom. The molecule has 1 atom stereocenters. The lowest BCUT2D eigenvalue weighted by atomic mass is 10.00. The van der Waals surface area contributed by atoms with Crippen LogP contribution in [-0.4, -0.2) is 47.9 Å². The first-order valence-corrected chi connectivity index (χ1v) is 12.2. The van der Waals surface area contributed by atoms with E-state index in [1.54, 1.807) is 0 Å². The predicted molar refractivity (Wildman–Crippen MR) is 140 cm³/mol. The lowest BCUT2D eigenvalue weighted by Gasteiger charge is -2.32. The molecule has 1 saturated heterocycles. The third-order valence-corrected chi connectivity index (χ3v) is 6.58. The summed E-state index contributed by atoms with van der Waals surface area (Å²) in [6, 6.07) is 21.0. The summed E-state index contributed by atoms with van der Waals surface area (Å²) >= 11 is 5.61. The highest BCUT2D eigenvalue weighted by Crippen LogP contribution is 2.27. The molecular formula is C26H30N6OS. The van der Waals surface area contributed by atoms with E-state index in [4.69, 9.17) is 26.9 Å². The standard InChI is InChI=1S/C26H30N6OS/c1-19(20-7-3-2-4-8-20)27-26(34)30-25-28-23(31-13-15-33-16-14-31)17-24(29-25)32-12-11-21-9-5-6-10-22(21)18-32/h2-10,17,19H,11-16,18H2,1H3,(H2,27,28,29,30,34).